The van der Waals surface area contributed by atoms with Gasteiger partial charge in [-0.05, 0) is 97.8 Å². The van der Waals surface area contributed by atoms with E-state index in [1.54, 1.807) is 0 Å². The maximum atomic E-state index is 5.58. The minimum atomic E-state index is 0. The van der Waals surface area contributed by atoms with Crippen LogP contribution in [0, 0.1) is 0 Å². The highest BCUT2D eigenvalue weighted by atomic mass is 35.5. The standard InChI is InChI=1S/C31H51N3.ClH/c1-30(2,3)27-15-9-25(10-16-27)13-19-29(34-24-8-23-33-22-7-21-32)20-14-26-11-17-28(18-12-26)31(4,5)6;/h9-12,15-18,29,33-34H,7-8,13-14,19-24,32H2,1-6H3;1H. The predicted molar refractivity (Wildman–Crippen MR) is 157 cm³/mol. The summed E-state index contributed by atoms with van der Waals surface area (Å²) in [5.74, 6) is 0. The van der Waals surface area contributed by atoms with E-state index in [4.69, 9.17) is 5.73 Å². The third-order valence-corrected chi connectivity index (χ3v) is 6.72. The molecular weight excluding hydrogens is 450 g/mol. The fourth-order valence-corrected chi connectivity index (χ4v) is 4.24. The van der Waals surface area contributed by atoms with E-state index in [1.807, 2.05) is 0 Å². The smallest absolute Gasteiger partial charge is 0.00734 e. The lowest BCUT2D eigenvalue weighted by Gasteiger charge is -2.21. The van der Waals surface area contributed by atoms with Crippen LogP contribution in [0.3, 0.4) is 0 Å². The van der Waals surface area contributed by atoms with E-state index >= 15 is 0 Å². The molecule has 0 aliphatic heterocycles. The molecule has 0 spiro atoms. The van der Waals surface area contributed by atoms with Crippen LogP contribution in [0.4, 0.5) is 0 Å². The maximum absolute atomic E-state index is 5.58. The summed E-state index contributed by atoms with van der Waals surface area (Å²) in [4.78, 5) is 0. The molecule has 35 heavy (non-hydrogen) atoms. The lowest BCUT2D eigenvalue weighted by molar-refractivity contribution is 0.444. The van der Waals surface area contributed by atoms with Crippen LogP contribution in [0.25, 0.3) is 0 Å². The molecule has 0 unspecified atom stereocenters. The summed E-state index contributed by atoms with van der Waals surface area (Å²) in [5.41, 5.74) is 11.7. The molecule has 0 aliphatic rings. The number of halogens is 1. The minimum absolute atomic E-state index is 0. The first-order valence-corrected chi connectivity index (χ1v) is 13.4. The van der Waals surface area contributed by atoms with Crippen molar-refractivity contribution >= 4 is 12.4 Å². The fraction of sp³-hybridized carbons (Fsp3) is 0.613. The number of nitrogens with two attached hydrogens (primary N) is 1. The summed E-state index contributed by atoms with van der Waals surface area (Å²) in [5, 5.41) is 7.35. The van der Waals surface area contributed by atoms with Gasteiger partial charge in [0.2, 0.25) is 0 Å². The Bertz CT molecular complexity index is 740. The fourth-order valence-electron chi connectivity index (χ4n) is 4.24. The second-order valence-electron chi connectivity index (χ2n) is 11.9. The van der Waals surface area contributed by atoms with Gasteiger partial charge in [0.1, 0.15) is 0 Å². The average molecular weight is 502 g/mol. The first-order valence-electron chi connectivity index (χ1n) is 13.4. The van der Waals surface area contributed by atoms with Crippen LogP contribution in [0.5, 0.6) is 0 Å². The zero-order valence-corrected chi connectivity index (χ0v) is 24.1. The average Bonchev–Trinajstić information content (AvgIpc) is 2.79. The van der Waals surface area contributed by atoms with Crippen molar-refractivity contribution in [1.29, 1.82) is 0 Å². The second kappa shape index (κ2) is 15.7. The number of rotatable bonds is 14. The molecule has 0 saturated heterocycles. The molecule has 3 nitrogen and oxygen atoms in total. The number of aryl methyl sites for hydroxylation is 2. The molecule has 4 N–H and O–H groups in total. The lowest BCUT2D eigenvalue weighted by Crippen LogP contribution is -2.33. The van der Waals surface area contributed by atoms with Gasteiger partial charge >= 0.3 is 0 Å². The van der Waals surface area contributed by atoms with E-state index in [1.165, 1.54) is 35.1 Å². The van der Waals surface area contributed by atoms with Gasteiger partial charge < -0.3 is 16.4 Å². The van der Waals surface area contributed by atoms with Crippen molar-refractivity contribution in [3.63, 3.8) is 0 Å². The molecule has 2 rings (SSSR count). The van der Waals surface area contributed by atoms with Gasteiger partial charge in [-0.15, -0.1) is 12.4 Å². The molecule has 0 amide bonds. The molecule has 2 aromatic carbocycles. The number of nitrogens with one attached hydrogen (secondary N) is 2. The van der Waals surface area contributed by atoms with Gasteiger partial charge in [-0.3, -0.25) is 0 Å². The largest absolute Gasteiger partial charge is 0.330 e. The Balaban J connectivity index is 0.00000612. The Kier molecular flexibility index (Phi) is 14.2. The predicted octanol–water partition coefficient (Wildman–Crippen LogP) is 6.56. The van der Waals surface area contributed by atoms with Gasteiger partial charge in [0, 0.05) is 6.04 Å². The summed E-state index contributed by atoms with van der Waals surface area (Å²) in [6.07, 6.45) is 6.81. The second-order valence-corrected chi connectivity index (χ2v) is 11.9. The van der Waals surface area contributed by atoms with Gasteiger partial charge in [-0.25, -0.2) is 0 Å². The van der Waals surface area contributed by atoms with Crippen molar-refractivity contribution < 1.29 is 0 Å². The number of benzene rings is 2. The monoisotopic (exact) mass is 501 g/mol. The van der Waals surface area contributed by atoms with E-state index < -0.39 is 0 Å². The molecule has 0 bridgehead atoms. The van der Waals surface area contributed by atoms with Crippen molar-refractivity contribution in [3.8, 4) is 0 Å². The highest BCUT2D eigenvalue weighted by Crippen LogP contribution is 2.24. The van der Waals surface area contributed by atoms with Crippen LogP contribution in [0.1, 0.15) is 89.5 Å². The topological polar surface area (TPSA) is 50.1 Å². The molecule has 4 heteroatoms. The molecule has 0 fully saturated rings. The van der Waals surface area contributed by atoms with Crippen LogP contribution in [-0.2, 0) is 23.7 Å². The van der Waals surface area contributed by atoms with Gasteiger partial charge in [0.25, 0.3) is 0 Å². The Morgan fingerprint density at radius 2 is 1.09 bits per heavy atom. The first kappa shape index (κ1) is 31.6. The minimum Gasteiger partial charge on any atom is -0.330 e. The van der Waals surface area contributed by atoms with Crippen molar-refractivity contribution in [3.05, 3.63) is 70.8 Å². The van der Waals surface area contributed by atoms with Gasteiger partial charge in [0.05, 0.1) is 0 Å². The van der Waals surface area contributed by atoms with Gasteiger partial charge in [0.15, 0.2) is 0 Å². The highest BCUT2D eigenvalue weighted by Gasteiger charge is 2.15. The summed E-state index contributed by atoms with van der Waals surface area (Å²) < 4.78 is 0. The SMILES string of the molecule is CC(C)(C)c1ccc(CCC(CCc2ccc(C(C)(C)C)cc2)NCCCNCCCN)cc1.Cl. The molecule has 0 aliphatic carbocycles. The maximum Gasteiger partial charge on any atom is 0.00734 e. The first-order chi connectivity index (χ1) is 16.1. The van der Waals surface area contributed by atoms with Crippen LogP contribution in [-0.4, -0.2) is 32.2 Å². The molecule has 0 heterocycles. The highest BCUT2D eigenvalue weighted by molar-refractivity contribution is 5.85. The normalized spacial score (nSPS) is 12.1. The molecule has 0 saturated carbocycles. The van der Waals surface area contributed by atoms with Crippen molar-refractivity contribution in [2.75, 3.05) is 26.2 Å². The van der Waals surface area contributed by atoms with E-state index in [2.05, 4.69) is 101 Å². The molecule has 198 valence electrons. The van der Waals surface area contributed by atoms with Gasteiger partial charge in [-0.1, -0.05) is 90.1 Å². The summed E-state index contributed by atoms with van der Waals surface area (Å²) in [6.45, 7) is 17.6. The zero-order valence-electron chi connectivity index (χ0n) is 23.3. The van der Waals surface area contributed by atoms with E-state index in [0.29, 0.717) is 6.04 Å². The van der Waals surface area contributed by atoms with Crippen LogP contribution in [0.2, 0.25) is 0 Å². The molecule has 0 radical (unpaired) electrons. The van der Waals surface area contributed by atoms with Crippen molar-refractivity contribution in [2.24, 2.45) is 5.73 Å². The lowest BCUT2D eigenvalue weighted by atomic mass is 9.86. The molecule has 0 aromatic heterocycles. The molecule has 0 atom stereocenters. The summed E-state index contributed by atoms with van der Waals surface area (Å²) in [6, 6.07) is 19.1. The molecule has 2 aromatic rings. The summed E-state index contributed by atoms with van der Waals surface area (Å²) in [7, 11) is 0. The van der Waals surface area contributed by atoms with Crippen LogP contribution < -0.4 is 16.4 Å². The van der Waals surface area contributed by atoms with E-state index in [9.17, 15) is 0 Å². The van der Waals surface area contributed by atoms with Crippen LogP contribution in [0.15, 0.2) is 48.5 Å². The van der Waals surface area contributed by atoms with Crippen molar-refractivity contribution in [1.82, 2.24) is 10.6 Å². The zero-order chi connectivity index (χ0) is 25.0. The van der Waals surface area contributed by atoms with E-state index in [-0.39, 0.29) is 23.2 Å². The quantitative estimate of drug-likeness (QED) is 0.257. The van der Waals surface area contributed by atoms with E-state index in [0.717, 1.165) is 51.9 Å². The number of hydrogen-bond donors (Lipinski definition) is 3. The van der Waals surface area contributed by atoms with Gasteiger partial charge in [-0.2, -0.15) is 0 Å². The Labute approximate surface area is 222 Å². The van der Waals surface area contributed by atoms with Crippen LogP contribution >= 0.6 is 12.4 Å². The third kappa shape index (κ3) is 12.4. The molecular formula is C31H52ClN3. The Hall–Kier alpha value is -1.39. The summed E-state index contributed by atoms with van der Waals surface area (Å²) >= 11 is 0. The third-order valence-electron chi connectivity index (χ3n) is 6.72. The Morgan fingerprint density at radius 1 is 0.657 bits per heavy atom. The number of hydrogen-bond acceptors (Lipinski definition) is 3. The Morgan fingerprint density at radius 3 is 1.49 bits per heavy atom. The van der Waals surface area contributed by atoms with Crippen molar-refractivity contribution in [2.45, 2.75) is 96.9 Å².